The van der Waals surface area contributed by atoms with E-state index in [0.717, 1.165) is 6.07 Å². The van der Waals surface area contributed by atoms with E-state index >= 15 is 0 Å². The van der Waals surface area contributed by atoms with Gasteiger partial charge < -0.3 is 4.74 Å². The number of ether oxygens (including phenoxy) is 1. The highest BCUT2D eigenvalue weighted by molar-refractivity contribution is 7.89. The van der Waals surface area contributed by atoms with Crippen LogP contribution in [0.25, 0.3) is 11.1 Å². The van der Waals surface area contributed by atoms with Crippen molar-refractivity contribution in [3.05, 3.63) is 47.5 Å². The van der Waals surface area contributed by atoms with Crippen LogP contribution in [0.1, 0.15) is 18.1 Å². The first-order valence-electron chi connectivity index (χ1n) is 7.02. The molecule has 2 N–H and O–H groups in total. The standard InChI is InChI=1S/C16H16F3NO3S/c1-3-23-15-7-6-12(24(20,21)22)9-13(15)11-5-4-10(2)14(8-11)16(17,18)19/h4-9H,3H2,1-2H3,(H2,20,21,22). The van der Waals surface area contributed by atoms with Gasteiger partial charge in [-0.3, -0.25) is 0 Å². The van der Waals surface area contributed by atoms with Crippen molar-refractivity contribution >= 4 is 10.0 Å². The molecule has 4 nitrogen and oxygen atoms in total. The zero-order valence-electron chi connectivity index (χ0n) is 13.0. The summed E-state index contributed by atoms with van der Waals surface area (Å²) in [5.74, 6) is 0.280. The maximum absolute atomic E-state index is 13.1. The van der Waals surface area contributed by atoms with E-state index < -0.39 is 21.8 Å². The molecule has 0 aliphatic heterocycles. The van der Waals surface area contributed by atoms with Gasteiger partial charge in [0.25, 0.3) is 0 Å². The van der Waals surface area contributed by atoms with Crippen molar-refractivity contribution in [3.8, 4) is 16.9 Å². The average Bonchev–Trinajstić information content (AvgIpc) is 2.46. The predicted molar refractivity (Wildman–Crippen MR) is 84.2 cm³/mol. The monoisotopic (exact) mass is 359 g/mol. The Morgan fingerprint density at radius 2 is 1.79 bits per heavy atom. The normalized spacial score (nSPS) is 12.2. The number of hydrogen-bond donors (Lipinski definition) is 1. The van der Waals surface area contributed by atoms with Gasteiger partial charge in [-0.2, -0.15) is 13.2 Å². The third kappa shape index (κ3) is 3.88. The molecule has 0 amide bonds. The molecule has 24 heavy (non-hydrogen) atoms. The molecule has 2 aromatic rings. The minimum atomic E-state index is -4.51. The first-order chi connectivity index (χ1) is 11.0. The molecule has 0 aromatic heterocycles. The summed E-state index contributed by atoms with van der Waals surface area (Å²) < 4.78 is 67.8. The van der Waals surface area contributed by atoms with Crippen LogP contribution in [-0.2, 0) is 16.2 Å². The van der Waals surface area contributed by atoms with Crippen molar-refractivity contribution in [2.45, 2.75) is 24.9 Å². The van der Waals surface area contributed by atoms with E-state index in [1.807, 2.05) is 0 Å². The number of hydrogen-bond acceptors (Lipinski definition) is 3. The molecular formula is C16H16F3NO3S. The number of rotatable bonds is 4. The average molecular weight is 359 g/mol. The van der Waals surface area contributed by atoms with Crippen LogP contribution in [0.2, 0.25) is 0 Å². The Kier molecular flexibility index (Phi) is 4.91. The van der Waals surface area contributed by atoms with Gasteiger partial charge in [0.2, 0.25) is 10.0 Å². The van der Waals surface area contributed by atoms with E-state index in [2.05, 4.69) is 0 Å². The molecule has 8 heteroatoms. The number of aryl methyl sites for hydroxylation is 1. The van der Waals surface area contributed by atoms with E-state index in [0.29, 0.717) is 0 Å². The second-order valence-corrected chi connectivity index (χ2v) is 6.72. The van der Waals surface area contributed by atoms with Crippen molar-refractivity contribution in [2.75, 3.05) is 6.61 Å². The molecule has 2 aromatic carbocycles. The second kappa shape index (κ2) is 6.45. The van der Waals surface area contributed by atoms with Crippen LogP contribution in [0.4, 0.5) is 13.2 Å². The topological polar surface area (TPSA) is 69.4 Å². The Bertz CT molecular complexity index is 861. The lowest BCUT2D eigenvalue weighted by molar-refractivity contribution is -0.138. The smallest absolute Gasteiger partial charge is 0.416 e. The largest absolute Gasteiger partial charge is 0.493 e. The van der Waals surface area contributed by atoms with E-state index in [9.17, 15) is 21.6 Å². The van der Waals surface area contributed by atoms with Crippen LogP contribution in [0, 0.1) is 6.92 Å². The molecule has 0 atom stereocenters. The van der Waals surface area contributed by atoms with Crippen molar-refractivity contribution in [2.24, 2.45) is 5.14 Å². The number of benzene rings is 2. The predicted octanol–water partition coefficient (Wildman–Crippen LogP) is 3.73. The van der Waals surface area contributed by atoms with Crippen molar-refractivity contribution < 1.29 is 26.3 Å². The third-order valence-electron chi connectivity index (χ3n) is 3.43. The molecule has 0 unspecified atom stereocenters. The van der Waals surface area contributed by atoms with Crippen LogP contribution in [-0.4, -0.2) is 15.0 Å². The van der Waals surface area contributed by atoms with E-state index in [1.54, 1.807) is 6.92 Å². The van der Waals surface area contributed by atoms with Gasteiger partial charge >= 0.3 is 6.18 Å². The Labute approximate surface area is 138 Å². The zero-order chi connectivity index (χ0) is 18.1. The Hall–Kier alpha value is -2.06. The summed E-state index contributed by atoms with van der Waals surface area (Å²) in [5, 5.41) is 5.10. The minimum absolute atomic E-state index is 0.0758. The summed E-state index contributed by atoms with van der Waals surface area (Å²) in [4.78, 5) is -0.199. The van der Waals surface area contributed by atoms with E-state index in [4.69, 9.17) is 9.88 Å². The molecule has 0 heterocycles. The first-order valence-corrected chi connectivity index (χ1v) is 8.56. The van der Waals surface area contributed by atoms with Crippen molar-refractivity contribution in [1.82, 2.24) is 0 Å². The van der Waals surface area contributed by atoms with Gasteiger partial charge in [0.05, 0.1) is 17.1 Å². The first kappa shape index (κ1) is 18.3. The van der Waals surface area contributed by atoms with Crippen LogP contribution in [0.3, 0.4) is 0 Å². The lowest BCUT2D eigenvalue weighted by atomic mass is 9.99. The molecule has 0 fully saturated rings. The molecular weight excluding hydrogens is 343 g/mol. The maximum Gasteiger partial charge on any atom is 0.416 e. The summed E-state index contributed by atoms with van der Waals surface area (Å²) in [6.07, 6.45) is -4.51. The fourth-order valence-electron chi connectivity index (χ4n) is 2.29. The molecule has 0 saturated carbocycles. The van der Waals surface area contributed by atoms with Gasteiger partial charge in [0, 0.05) is 5.56 Å². The molecule has 130 valence electrons. The number of nitrogens with two attached hydrogens (primary N) is 1. The van der Waals surface area contributed by atoms with Crippen LogP contribution >= 0.6 is 0 Å². The lowest BCUT2D eigenvalue weighted by Gasteiger charge is -2.15. The number of primary sulfonamides is 1. The van der Waals surface area contributed by atoms with E-state index in [-0.39, 0.29) is 33.9 Å². The fraction of sp³-hybridized carbons (Fsp3) is 0.250. The number of halogens is 3. The maximum atomic E-state index is 13.1. The molecule has 0 bridgehead atoms. The molecule has 0 aliphatic carbocycles. The summed E-state index contributed by atoms with van der Waals surface area (Å²) in [6, 6.07) is 7.63. The van der Waals surface area contributed by atoms with Gasteiger partial charge in [-0.25, -0.2) is 13.6 Å². The highest BCUT2D eigenvalue weighted by Gasteiger charge is 2.32. The Morgan fingerprint density at radius 1 is 1.12 bits per heavy atom. The highest BCUT2D eigenvalue weighted by atomic mass is 32.2. The molecule has 2 rings (SSSR count). The number of alkyl halides is 3. The summed E-state index contributed by atoms with van der Waals surface area (Å²) >= 11 is 0. The van der Waals surface area contributed by atoms with Crippen LogP contribution in [0.15, 0.2) is 41.3 Å². The van der Waals surface area contributed by atoms with Crippen molar-refractivity contribution in [1.29, 1.82) is 0 Å². The van der Waals surface area contributed by atoms with Gasteiger partial charge in [0.15, 0.2) is 0 Å². The van der Waals surface area contributed by atoms with Gasteiger partial charge in [-0.15, -0.1) is 0 Å². The Balaban J connectivity index is 2.70. The quantitative estimate of drug-likeness (QED) is 0.904. The number of sulfonamides is 1. The van der Waals surface area contributed by atoms with Crippen LogP contribution in [0.5, 0.6) is 5.75 Å². The molecule has 0 spiro atoms. The summed E-state index contributed by atoms with van der Waals surface area (Å²) in [6.45, 7) is 3.35. The second-order valence-electron chi connectivity index (χ2n) is 5.16. The zero-order valence-corrected chi connectivity index (χ0v) is 13.8. The SMILES string of the molecule is CCOc1ccc(S(N)(=O)=O)cc1-c1ccc(C)c(C(F)(F)F)c1. The minimum Gasteiger partial charge on any atom is -0.493 e. The summed E-state index contributed by atoms with van der Waals surface area (Å²) in [7, 11) is -3.99. The van der Waals surface area contributed by atoms with Crippen LogP contribution < -0.4 is 9.88 Å². The Morgan fingerprint density at radius 3 is 2.33 bits per heavy atom. The van der Waals surface area contributed by atoms with Crippen molar-refractivity contribution in [3.63, 3.8) is 0 Å². The fourth-order valence-corrected chi connectivity index (χ4v) is 2.83. The molecule has 0 radical (unpaired) electrons. The van der Waals surface area contributed by atoms with E-state index in [1.165, 1.54) is 37.3 Å². The molecule has 0 aliphatic rings. The third-order valence-corrected chi connectivity index (χ3v) is 4.34. The summed E-state index contributed by atoms with van der Waals surface area (Å²) in [5.41, 5.74) is -0.286. The highest BCUT2D eigenvalue weighted by Crippen LogP contribution is 2.38. The van der Waals surface area contributed by atoms with Gasteiger partial charge in [-0.1, -0.05) is 12.1 Å². The van der Waals surface area contributed by atoms with Gasteiger partial charge in [-0.05, 0) is 49.2 Å². The van der Waals surface area contributed by atoms with Gasteiger partial charge in [0.1, 0.15) is 5.75 Å². The lowest BCUT2D eigenvalue weighted by Crippen LogP contribution is -2.12. The molecule has 0 saturated heterocycles.